The minimum absolute atomic E-state index is 0.0247. The molecule has 2 aromatic heterocycles. The molecule has 1 fully saturated rings. The molecule has 3 heterocycles. The number of allylic oxidation sites excluding steroid dienone is 1. The van der Waals surface area contributed by atoms with Crippen LogP contribution >= 0.6 is 35.2 Å². The van der Waals surface area contributed by atoms with Crippen molar-refractivity contribution in [2.24, 2.45) is 5.41 Å². The monoisotopic (exact) mass is 875 g/mol. The molecule has 0 bridgehead atoms. The van der Waals surface area contributed by atoms with Crippen LogP contribution in [-0.2, 0) is 50.7 Å². The van der Waals surface area contributed by atoms with Gasteiger partial charge in [0.05, 0.1) is 27.4 Å². The molecule has 0 spiro atoms. The maximum atomic E-state index is 12.5. The van der Waals surface area contributed by atoms with Crippen molar-refractivity contribution in [3.63, 3.8) is 0 Å². The van der Waals surface area contributed by atoms with E-state index in [0.29, 0.717) is 12.2 Å². The number of rotatable bonds is 23. The molecule has 1 saturated heterocycles. The van der Waals surface area contributed by atoms with Crippen LogP contribution in [-0.4, -0.2) is 115 Å². The van der Waals surface area contributed by atoms with Crippen molar-refractivity contribution < 1.29 is 85.6 Å². The number of carbonyl (C=O) groups is 3. The quantitative estimate of drug-likeness (QED) is 0.0358. The van der Waals surface area contributed by atoms with Crippen LogP contribution in [0, 0.1) is 5.41 Å². The summed E-state index contributed by atoms with van der Waals surface area (Å²) in [6, 6.07) is 0. The van der Waals surface area contributed by atoms with Gasteiger partial charge in [-0.1, -0.05) is 37.8 Å². The molecule has 2 aromatic rings. The minimum atomic E-state index is -5.92. The van der Waals surface area contributed by atoms with Gasteiger partial charge >= 0.3 is 0 Å². The lowest BCUT2D eigenvalue weighted by molar-refractivity contribution is -0.347. The summed E-state index contributed by atoms with van der Waals surface area (Å²) in [5.41, 5.74) is 4.05. The number of nitrogen functional groups attached to an aromatic ring is 1. The average molecular weight is 876 g/mol. The molecule has 3 rings (SSSR count). The summed E-state index contributed by atoms with van der Waals surface area (Å²) in [4.78, 5) is 95.7. The summed E-state index contributed by atoms with van der Waals surface area (Å²) < 4.78 is 60.4. The van der Waals surface area contributed by atoms with E-state index in [1.165, 1.54) is 13.8 Å². The smallest absolute Gasteiger partial charge is 0.274 e. The highest BCUT2D eigenvalue weighted by Gasteiger charge is 2.47. The van der Waals surface area contributed by atoms with Crippen LogP contribution in [0.3, 0.4) is 0 Å². The zero-order chi connectivity index (χ0) is 41.9. The van der Waals surface area contributed by atoms with Gasteiger partial charge in [0.1, 0.15) is 36.3 Å². The first-order chi connectivity index (χ1) is 26.1. The Bertz CT molecular complexity index is 1850. The third-order valence-electron chi connectivity index (χ3n) is 7.49. The van der Waals surface area contributed by atoms with Gasteiger partial charge < -0.3 is 74.1 Å². The van der Waals surface area contributed by atoms with Gasteiger partial charge in [0.2, 0.25) is 11.8 Å². The number of ether oxygens (including phenoxy) is 1. The Morgan fingerprint density at radius 1 is 1.09 bits per heavy atom. The highest BCUT2D eigenvalue weighted by molar-refractivity contribution is 8.13. The van der Waals surface area contributed by atoms with Crippen molar-refractivity contribution >= 4 is 69.1 Å². The predicted octanol–water partition coefficient (Wildman–Crippen LogP) is -3.53. The number of thioether (sulfide) groups is 1. The summed E-state index contributed by atoms with van der Waals surface area (Å²) in [6.07, 6.45) is -3.73. The zero-order valence-electron chi connectivity index (χ0n) is 29.6. The second kappa shape index (κ2) is 20.8. The zero-order valence-corrected chi connectivity index (χ0v) is 33.1. The predicted molar refractivity (Wildman–Crippen MR) is 184 cm³/mol. The van der Waals surface area contributed by atoms with Crippen molar-refractivity contribution in [1.29, 1.82) is 0 Å². The Morgan fingerprint density at radius 2 is 1.79 bits per heavy atom. The fraction of sp³-hybridized carbons (Fsp3) is 0.630. The molecule has 7 N–H and O–H groups in total. The summed E-state index contributed by atoms with van der Waals surface area (Å²) >= 11 is 1.00. The van der Waals surface area contributed by atoms with Crippen molar-refractivity contribution in [3.05, 3.63) is 24.8 Å². The van der Waals surface area contributed by atoms with Crippen molar-refractivity contribution in [3.8, 4) is 0 Å². The normalized spacial score (nSPS) is 21.8. The van der Waals surface area contributed by atoms with Gasteiger partial charge in [0.25, 0.3) is 15.6 Å². The largest absolute Gasteiger partial charge is 0.790 e. The van der Waals surface area contributed by atoms with Crippen LogP contribution in [0.25, 0.3) is 11.2 Å². The summed E-state index contributed by atoms with van der Waals surface area (Å²) in [7, 11) is -17.6. The number of carbonyl (C=O) groups excluding carboxylic acids is 3. The Hall–Kier alpha value is -2.74. The third-order valence-corrected chi connectivity index (χ3v) is 11.4. The molecule has 2 unspecified atom stereocenters. The number of aromatic nitrogens is 4. The molecule has 56 heavy (non-hydrogen) atoms. The highest BCUT2D eigenvalue weighted by Crippen LogP contribution is 2.56. The van der Waals surface area contributed by atoms with E-state index in [0.717, 1.165) is 29.0 Å². The number of imidazole rings is 1. The van der Waals surface area contributed by atoms with Crippen LogP contribution in [0.1, 0.15) is 39.3 Å². The molecule has 0 saturated carbocycles. The van der Waals surface area contributed by atoms with E-state index in [1.54, 1.807) is 12.2 Å². The van der Waals surface area contributed by atoms with Gasteiger partial charge in [-0.25, -0.2) is 19.3 Å². The second-order valence-electron chi connectivity index (χ2n) is 12.4. The number of nitrogens with two attached hydrogens (primary N) is 1. The Labute approximate surface area is 322 Å². The highest BCUT2D eigenvalue weighted by atomic mass is 32.2. The number of nitrogens with zero attached hydrogens (tertiary/aromatic N) is 4. The number of anilines is 1. The van der Waals surface area contributed by atoms with Gasteiger partial charge in [-0.05, 0) is 6.42 Å². The van der Waals surface area contributed by atoms with Crippen LogP contribution in [0.5, 0.6) is 0 Å². The van der Waals surface area contributed by atoms with Crippen LogP contribution in [0.15, 0.2) is 24.8 Å². The van der Waals surface area contributed by atoms with Crippen LogP contribution in [0.2, 0.25) is 0 Å². The van der Waals surface area contributed by atoms with Crippen molar-refractivity contribution in [2.45, 2.75) is 63.8 Å². The number of hydrogen-bond acceptors (Lipinski definition) is 23. The molecular formula is C27H40N7O18P3S-4. The molecule has 0 aromatic carbocycles. The first-order valence-corrected chi connectivity index (χ1v) is 21.7. The van der Waals surface area contributed by atoms with Crippen molar-refractivity contribution in [1.82, 2.24) is 30.2 Å². The van der Waals surface area contributed by atoms with Crippen LogP contribution in [0.4, 0.5) is 5.82 Å². The summed E-state index contributed by atoms with van der Waals surface area (Å²) in [5, 5.41) is 34.7. The van der Waals surface area contributed by atoms with E-state index in [9.17, 15) is 57.9 Å². The first kappa shape index (κ1) is 47.6. The lowest BCUT2D eigenvalue weighted by Gasteiger charge is -2.36. The van der Waals surface area contributed by atoms with E-state index in [1.807, 2.05) is 0 Å². The second-order valence-corrected chi connectivity index (χ2v) is 17.6. The van der Waals surface area contributed by atoms with E-state index in [4.69, 9.17) is 15.6 Å². The van der Waals surface area contributed by atoms with Gasteiger partial charge in [-0.2, -0.15) is 0 Å². The lowest BCUT2D eigenvalue weighted by atomic mass is 9.87. The lowest BCUT2D eigenvalue weighted by Crippen LogP contribution is -2.46. The minimum Gasteiger partial charge on any atom is -0.790 e. The van der Waals surface area contributed by atoms with E-state index >= 15 is 0 Å². The molecule has 1 aliphatic heterocycles. The third kappa shape index (κ3) is 14.9. The number of amides is 2. The molecule has 29 heteroatoms. The number of aliphatic hydroxyl groups excluding tert-OH is 3. The molecular weight excluding hydrogens is 835 g/mol. The molecule has 25 nitrogen and oxygen atoms in total. The Kier molecular flexibility index (Phi) is 17.7. The summed E-state index contributed by atoms with van der Waals surface area (Å²) in [5.74, 6) is -1.30. The number of phosphoric acid groups is 3. The van der Waals surface area contributed by atoms with Gasteiger partial charge in [-0.3, -0.25) is 28.1 Å². The van der Waals surface area contributed by atoms with Crippen LogP contribution < -0.4 is 35.9 Å². The molecule has 1 aliphatic rings. The number of fused-ring (bicyclic) bond motifs is 1. The maximum Gasteiger partial charge on any atom is 0.274 e. The molecule has 0 aliphatic carbocycles. The van der Waals surface area contributed by atoms with Gasteiger partial charge in [0, 0.05) is 43.7 Å². The number of nitrogens with one attached hydrogen (secondary N) is 2. The number of aliphatic hydroxyl groups is 3. The average Bonchev–Trinajstić information content (AvgIpc) is 3.66. The fourth-order valence-corrected chi connectivity index (χ4v) is 8.08. The first-order valence-electron chi connectivity index (χ1n) is 16.3. The topological polar surface area (TPSA) is 395 Å². The Balaban J connectivity index is 1.48. The Morgan fingerprint density at radius 3 is 2.46 bits per heavy atom. The molecule has 0 radical (unpaired) electrons. The number of hydrogen-bond donors (Lipinski definition) is 6. The summed E-state index contributed by atoms with van der Waals surface area (Å²) in [6.45, 7) is -0.0140. The fourth-order valence-electron chi connectivity index (χ4n) is 4.70. The standard InChI is InChI=1S/C27H44N7O18P3S/c1-27(2,22(39)25(40)30-8-7-17(36)29-9-11-56-18(37)6-4-3-5-10-35)13-49-55(46,47)52-54(44,45)48-12-16-21(51-53(41,42)43)20(38)26(50-16)34-15-33-19-23(28)31-14-32-24(19)34/h3-4,14-16,20-22,26,35,38-39H,5-13H2,1-2H3,(H,29,36)(H,30,40)(H,44,45)(H,46,47)(H2,28,31,32)(H2,41,42,43)/p-4/b4-3-/t16-,20-,21-,22+,26-/m1/s1. The molecule has 7 atom stereocenters. The van der Waals surface area contributed by atoms with Gasteiger partial charge in [0.15, 0.2) is 22.8 Å². The molecule has 316 valence electrons. The van der Waals surface area contributed by atoms with E-state index in [-0.39, 0.29) is 54.6 Å². The maximum absolute atomic E-state index is 12.5. The number of phosphoric ester groups is 3. The van der Waals surface area contributed by atoms with Crippen molar-refractivity contribution in [2.75, 3.05) is 44.4 Å². The van der Waals surface area contributed by atoms with E-state index in [2.05, 4.69) is 43.5 Å². The molecule has 2 amide bonds. The van der Waals surface area contributed by atoms with E-state index < -0.39 is 84.6 Å². The van der Waals surface area contributed by atoms with Gasteiger partial charge in [-0.15, -0.1) is 0 Å². The SMILES string of the molecule is CC(C)(COP(=O)([O-])OP(=O)([O-])OC[C@H]1O[C@@H](n2cnc3c(N)ncnc32)[C@H](O)[C@@H]1OP(=O)([O-])[O-])[C@@H](O)C(=O)NCCC(=O)NCCSC(=O)C/C=C\CCO.